The maximum absolute atomic E-state index is 12.6. The summed E-state index contributed by atoms with van der Waals surface area (Å²) in [4.78, 5) is 26.1. The second kappa shape index (κ2) is 7.84. The van der Waals surface area contributed by atoms with E-state index in [2.05, 4.69) is 25.6 Å². The molecule has 1 saturated heterocycles. The van der Waals surface area contributed by atoms with Crippen LogP contribution in [0.5, 0.6) is 0 Å². The molecule has 27 heavy (non-hydrogen) atoms. The minimum absolute atomic E-state index is 0.0888. The third-order valence-corrected chi connectivity index (χ3v) is 5.01. The smallest absolute Gasteiger partial charge is 0.241 e. The molecule has 1 aliphatic heterocycles. The lowest BCUT2D eigenvalue weighted by atomic mass is 10.1. The summed E-state index contributed by atoms with van der Waals surface area (Å²) < 4.78 is 0. The van der Waals surface area contributed by atoms with Crippen LogP contribution in [0.3, 0.4) is 0 Å². The van der Waals surface area contributed by atoms with Crippen LogP contribution in [0, 0.1) is 0 Å². The zero-order valence-electron chi connectivity index (χ0n) is 14.8. The number of likely N-dealkylation sites (tertiary alicyclic amines) is 1. The van der Waals surface area contributed by atoms with Crippen molar-refractivity contribution in [3.05, 3.63) is 47.9 Å². The molecule has 2 aromatic heterocycles. The average Bonchev–Trinajstić information content (AvgIpc) is 3.17. The van der Waals surface area contributed by atoms with Crippen molar-refractivity contribution in [1.82, 2.24) is 19.9 Å². The Morgan fingerprint density at radius 2 is 2.11 bits per heavy atom. The summed E-state index contributed by atoms with van der Waals surface area (Å²) in [5.74, 6) is 0.894. The summed E-state index contributed by atoms with van der Waals surface area (Å²) in [6, 6.07) is 9.48. The van der Waals surface area contributed by atoms with E-state index in [0.717, 1.165) is 41.9 Å². The number of anilines is 2. The first-order valence-corrected chi connectivity index (χ1v) is 9.39. The number of aromatic nitrogens is 3. The Morgan fingerprint density at radius 3 is 2.96 bits per heavy atom. The third kappa shape index (κ3) is 4.14. The van der Waals surface area contributed by atoms with Crippen LogP contribution in [0.2, 0.25) is 5.02 Å². The van der Waals surface area contributed by atoms with E-state index < -0.39 is 0 Å². The molecule has 3 heterocycles. The van der Waals surface area contributed by atoms with Gasteiger partial charge in [0, 0.05) is 36.0 Å². The third-order valence-electron chi connectivity index (χ3n) is 4.76. The van der Waals surface area contributed by atoms with Crippen molar-refractivity contribution in [2.75, 3.05) is 30.3 Å². The van der Waals surface area contributed by atoms with Crippen molar-refractivity contribution >= 4 is 40.0 Å². The van der Waals surface area contributed by atoms with Gasteiger partial charge in [0.05, 0.1) is 11.9 Å². The molecule has 1 aromatic carbocycles. The number of carbonyl (C=O) groups is 1. The van der Waals surface area contributed by atoms with Crippen LogP contribution in [0.15, 0.2) is 42.9 Å². The van der Waals surface area contributed by atoms with Crippen LogP contribution >= 0.6 is 11.6 Å². The molecule has 3 aromatic rings. The lowest BCUT2D eigenvalue weighted by Gasteiger charge is -2.33. The number of amides is 1. The Kier molecular flexibility index (Phi) is 5.11. The molecule has 140 valence electrons. The van der Waals surface area contributed by atoms with E-state index in [0.29, 0.717) is 11.6 Å². The molecule has 0 saturated carbocycles. The van der Waals surface area contributed by atoms with Crippen molar-refractivity contribution < 1.29 is 4.79 Å². The van der Waals surface area contributed by atoms with Crippen molar-refractivity contribution in [2.45, 2.75) is 18.9 Å². The largest absolute Gasteiger partial charge is 0.376 e. The Labute approximate surface area is 162 Å². The van der Waals surface area contributed by atoms with Crippen molar-refractivity contribution in [1.29, 1.82) is 0 Å². The molecule has 4 rings (SSSR count). The molecule has 0 spiro atoms. The minimum atomic E-state index is 0.0888. The van der Waals surface area contributed by atoms with Gasteiger partial charge in [0.15, 0.2) is 0 Å². The highest BCUT2D eigenvalue weighted by Gasteiger charge is 2.24. The highest BCUT2D eigenvalue weighted by atomic mass is 35.5. The molecule has 8 heteroatoms. The van der Waals surface area contributed by atoms with Gasteiger partial charge in [-0.2, -0.15) is 0 Å². The van der Waals surface area contributed by atoms with Crippen LogP contribution in [0.4, 0.5) is 11.5 Å². The first-order valence-electron chi connectivity index (χ1n) is 9.01. The fourth-order valence-electron chi connectivity index (χ4n) is 3.36. The van der Waals surface area contributed by atoms with Crippen molar-refractivity contribution in [2.24, 2.45) is 0 Å². The number of aromatic amines is 1. The Balaban J connectivity index is 1.35. The molecule has 1 amide bonds. The number of hydrogen-bond donors (Lipinski definition) is 3. The van der Waals surface area contributed by atoms with E-state index >= 15 is 0 Å². The van der Waals surface area contributed by atoms with Crippen LogP contribution < -0.4 is 10.6 Å². The zero-order chi connectivity index (χ0) is 18.6. The van der Waals surface area contributed by atoms with Crippen LogP contribution in [-0.2, 0) is 4.79 Å². The van der Waals surface area contributed by atoms with E-state index in [1.54, 1.807) is 18.5 Å². The van der Waals surface area contributed by atoms with Gasteiger partial charge in [0.2, 0.25) is 5.91 Å². The van der Waals surface area contributed by atoms with Crippen molar-refractivity contribution in [3.63, 3.8) is 0 Å². The van der Waals surface area contributed by atoms with E-state index in [9.17, 15) is 4.79 Å². The summed E-state index contributed by atoms with van der Waals surface area (Å²) >= 11 is 5.89. The summed E-state index contributed by atoms with van der Waals surface area (Å²) in [6.07, 6.45) is 5.36. The number of nitrogens with zero attached hydrogens (tertiary/aromatic N) is 3. The van der Waals surface area contributed by atoms with Gasteiger partial charge in [-0.15, -0.1) is 0 Å². The molecule has 1 aliphatic rings. The lowest BCUT2D eigenvalue weighted by Crippen LogP contribution is -2.47. The molecule has 1 fully saturated rings. The number of piperidine rings is 1. The fraction of sp³-hybridized carbons (Fsp3) is 0.316. The van der Waals surface area contributed by atoms with Gasteiger partial charge in [-0.25, -0.2) is 9.97 Å². The van der Waals surface area contributed by atoms with E-state index in [1.807, 2.05) is 29.3 Å². The number of halogens is 1. The van der Waals surface area contributed by atoms with Crippen LogP contribution in [0.25, 0.3) is 11.0 Å². The van der Waals surface area contributed by atoms with Crippen LogP contribution in [-0.4, -0.2) is 51.4 Å². The minimum Gasteiger partial charge on any atom is -0.376 e. The van der Waals surface area contributed by atoms with Gasteiger partial charge in [-0.3, -0.25) is 4.79 Å². The number of benzene rings is 1. The standard InChI is InChI=1S/C19H21ClN6O/c20-13-3-5-14(6-4-13)22-10-17(27)26-9-1-2-15(11-26)25-19-16-7-8-21-18(16)23-12-24-19/h3-8,12,15,22H,1-2,9-11H2,(H2,21,23,24,25). The summed E-state index contributed by atoms with van der Waals surface area (Å²) in [5, 5.41) is 8.28. The van der Waals surface area contributed by atoms with E-state index in [-0.39, 0.29) is 18.5 Å². The van der Waals surface area contributed by atoms with Crippen LogP contribution in [0.1, 0.15) is 12.8 Å². The first kappa shape index (κ1) is 17.6. The number of fused-ring (bicyclic) bond motifs is 1. The predicted molar refractivity (Wildman–Crippen MR) is 107 cm³/mol. The predicted octanol–water partition coefficient (Wildman–Crippen LogP) is 3.13. The van der Waals surface area contributed by atoms with Gasteiger partial charge in [0.25, 0.3) is 0 Å². The van der Waals surface area contributed by atoms with Gasteiger partial charge in [-0.1, -0.05) is 11.6 Å². The highest BCUT2D eigenvalue weighted by molar-refractivity contribution is 6.30. The summed E-state index contributed by atoms with van der Waals surface area (Å²) in [6.45, 7) is 1.71. The van der Waals surface area contributed by atoms with Gasteiger partial charge in [-0.05, 0) is 43.2 Å². The SMILES string of the molecule is O=C(CNc1ccc(Cl)cc1)N1CCCC(Nc2ncnc3[nH]ccc23)C1. The van der Waals surface area contributed by atoms with E-state index in [1.165, 1.54) is 0 Å². The molecule has 1 atom stereocenters. The lowest BCUT2D eigenvalue weighted by molar-refractivity contribution is -0.130. The second-order valence-corrected chi connectivity index (χ2v) is 7.08. The molecule has 0 bridgehead atoms. The molecular formula is C19H21ClN6O. The molecule has 7 nitrogen and oxygen atoms in total. The van der Waals surface area contributed by atoms with Gasteiger partial charge < -0.3 is 20.5 Å². The number of carbonyl (C=O) groups excluding carboxylic acids is 1. The topological polar surface area (TPSA) is 85.9 Å². The zero-order valence-corrected chi connectivity index (χ0v) is 15.5. The monoisotopic (exact) mass is 384 g/mol. The Morgan fingerprint density at radius 1 is 1.26 bits per heavy atom. The second-order valence-electron chi connectivity index (χ2n) is 6.65. The number of rotatable bonds is 5. The molecule has 0 radical (unpaired) electrons. The fourth-order valence-corrected chi connectivity index (χ4v) is 3.49. The molecule has 1 unspecified atom stereocenters. The molecule has 3 N–H and O–H groups in total. The molecule has 0 aliphatic carbocycles. The van der Waals surface area contributed by atoms with Gasteiger partial charge in [0.1, 0.15) is 17.8 Å². The molecular weight excluding hydrogens is 364 g/mol. The summed E-state index contributed by atoms with van der Waals surface area (Å²) in [5.41, 5.74) is 1.69. The normalized spacial score (nSPS) is 17.1. The Hall–Kier alpha value is -2.80. The maximum Gasteiger partial charge on any atom is 0.241 e. The Bertz CT molecular complexity index is 925. The van der Waals surface area contributed by atoms with E-state index in [4.69, 9.17) is 11.6 Å². The number of hydrogen-bond acceptors (Lipinski definition) is 5. The highest BCUT2D eigenvalue weighted by Crippen LogP contribution is 2.21. The summed E-state index contributed by atoms with van der Waals surface area (Å²) in [7, 11) is 0. The number of nitrogens with one attached hydrogen (secondary N) is 3. The quantitative estimate of drug-likeness (QED) is 0.629. The van der Waals surface area contributed by atoms with Gasteiger partial charge >= 0.3 is 0 Å². The first-order chi connectivity index (χ1) is 13.2. The number of H-pyrrole nitrogens is 1. The maximum atomic E-state index is 12.6. The van der Waals surface area contributed by atoms with Crippen molar-refractivity contribution in [3.8, 4) is 0 Å². The average molecular weight is 385 g/mol.